The average Bonchev–Trinajstić information content (AvgIpc) is 3.93. The summed E-state index contributed by atoms with van der Waals surface area (Å²) >= 11 is 6.24. The number of amides is 1. The summed E-state index contributed by atoms with van der Waals surface area (Å²) in [6, 6.07) is 41.9. The van der Waals surface area contributed by atoms with Crippen molar-refractivity contribution in [3.63, 3.8) is 0 Å². The lowest BCUT2D eigenvalue weighted by Gasteiger charge is -2.39. The number of piperidine rings is 1. The summed E-state index contributed by atoms with van der Waals surface area (Å²) < 4.78 is 19.9. The Morgan fingerprint density at radius 1 is 0.865 bits per heavy atom. The van der Waals surface area contributed by atoms with Gasteiger partial charge in [-0.05, 0) is 48.7 Å². The number of carbonyl (C=O) groups is 1. The second-order valence-corrected chi connectivity index (χ2v) is 14.7. The number of hydrogen-bond acceptors (Lipinski definition) is 6. The van der Waals surface area contributed by atoms with Crippen molar-refractivity contribution in [2.45, 2.75) is 55.5 Å². The topological polar surface area (TPSA) is 80.3 Å². The maximum Gasteiger partial charge on any atom is 0.255 e. The van der Waals surface area contributed by atoms with Crippen molar-refractivity contribution in [3.8, 4) is 17.2 Å². The van der Waals surface area contributed by atoms with Crippen molar-refractivity contribution in [1.82, 2.24) is 10.2 Å². The first-order chi connectivity index (χ1) is 25.4. The normalized spacial score (nSPS) is 17.2. The quantitative estimate of drug-likeness (QED) is 0.128. The fourth-order valence-corrected chi connectivity index (χ4v) is 7.79. The van der Waals surface area contributed by atoms with E-state index in [1.165, 1.54) is 0 Å². The van der Waals surface area contributed by atoms with E-state index in [0.29, 0.717) is 23.6 Å². The van der Waals surface area contributed by atoms with Gasteiger partial charge in [-0.3, -0.25) is 4.79 Å². The largest absolute Gasteiger partial charge is 0.490 e. The number of halogens is 1. The second-order valence-electron chi connectivity index (χ2n) is 14.3. The van der Waals surface area contributed by atoms with Gasteiger partial charge in [-0.25, -0.2) is 0 Å². The molecule has 5 aromatic rings. The van der Waals surface area contributed by atoms with E-state index in [9.17, 15) is 9.90 Å². The number of nitrogens with zero attached hydrogens (tertiary/aromatic N) is 1. The maximum absolute atomic E-state index is 13.4. The van der Waals surface area contributed by atoms with Crippen molar-refractivity contribution >= 4 is 17.5 Å². The Labute approximate surface area is 310 Å². The number of fused-ring (bicyclic) bond motifs is 1. The molecule has 1 atom stereocenters. The highest BCUT2D eigenvalue weighted by Gasteiger charge is 2.42. The molecule has 5 aromatic carbocycles. The third kappa shape index (κ3) is 7.26. The van der Waals surface area contributed by atoms with E-state index in [4.69, 9.17) is 25.8 Å². The van der Waals surface area contributed by atoms with Crippen LogP contribution in [0.4, 0.5) is 0 Å². The van der Waals surface area contributed by atoms with Crippen LogP contribution in [0.2, 0.25) is 5.02 Å². The molecule has 0 radical (unpaired) electrons. The molecule has 0 bridgehead atoms. The monoisotopic (exact) mass is 714 g/mol. The molecule has 1 saturated heterocycles. The third-order valence-corrected chi connectivity index (χ3v) is 10.7. The van der Waals surface area contributed by atoms with Gasteiger partial charge in [-0.15, -0.1) is 0 Å². The SMILES string of the molecule is O=C(NC1CC1)c1ccc(OC(c2ccccc2)(c2ccccc2)c2ccccc2)cc1OC[C@@H](O)CN1CCC2(CC1)Cc1cc(Cl)ccc1O2. The lowest BCUT2D eigenvalue weighted by Crippen LogP contribution is -2.49. The number of likely N-dealkylation sites (tertiary alicyclic amines) is 1. The van der Waals surface area contributed by atoms with Crippen LogP contribution in [-0.4, -0.2) is 59.9 Å². The number of ether oxygens (including phenoxy) is 3. The van der Waals surface area contributed by atoms with Crippen molar-refractivity contribution in [1.29, 1.82) is 0 Å². The number of carbonyl (C=O) groups excluding carboxylic acids is 1. The van der Waals surface area contributed by atoms with E-state index in [-0.39, 0.29) is 24.2 Å². The zero-order valence-corrected chi connectivity index (χ0v) is 29.8. The van der Waals surface area contributed by atoms with E-state index in [1.807, 2.05) is 78.9 Å². The Morgan fingerprint density at radius 3 is 2.08 bits per heavy atom. The minimum atomic E-state index is -0.999. The molecule has 1 spiro atoms. The second kappa shape index (κ2) is 14.7. The molecule has 3 aliphatic rings. The molecular weight excluding hydrogens is 672 g/mol. The predicted octanol–water partition coefficient (Wildman–Crippen LogP) is 7.81. The number of aliphatic hydroxyl groups is 1. The number of β-amino-alcohol motifs (C(OH)–C–C–N with tert-alkyl or cyclic N) is 1. The van der Waals surface area contributed by atoms with Crippen LogP contribution in [-0.2, 0) is 12.0 Å². The standard InChI is InChI=1S/C44H43ClN2O5/c45-35-16-21-40-31(26-35)28-43(52-40)22-24-47(25-23-43)29-37(48)30-50-41-27-38(19-20-39(41)42(49)46-36-17-18-36)51-44(32-10-4-1-5-11-32,33-12-6-2-7-13-33)34-14-8-3-9-15-34/h1-16,19-21,26-27,36-37,48H,17-18,22-25,28-30H2,(H,46,49)/t37-/m0/s1. The number of hydrogen-bond donors (Lipinski definition) is 2. The number of nitrogens with one attached hydrogen (secondary N) is 1. The van der Waals surface area contributed by atoms with E-state index in [0.717, 1.165) is 78.2 Å². The first kappa shape index (κ1) is 34.3. The van der Waals surface area contributed by atoms with Crippen LogP contribution in [0.5, 0.6) is 17.2 Å². The van der Waals surface area contributed by atoms with Crippen molar-refractivity contribution < 1.29 is 24.1 Å². The van der Waals surface area contributed by atoms with E-state index >= 15 is 0 Å². The maximum atomic E-state index is 13.4. The average molecular weight is 715 g/mol. The number of benzene rings is 5. The van der Waals surface area contributed by atoms with Crippen LogP contribution in [0.25, 0.3) is 0 Å². The lowest BCUT2D eigenvalue weighted by molar-refractivity contribution is -0.00202. The zero-order chi connectivity index (χ0) is 35.5. The van der Waals surface area contributed by atoms with Crippen LogP contribution in [0.15, 0.2) is 127 Å². The van der Waals surface area contributed by atoms with Gasteiger partial charge in [0.25, 0.3) is 5.91 Å². The molecule has 2 heterocycles. The fraction of sp³-hybridized carbons (Fsp3) is 0.295. The summed E-state index contributed by atoms with van der Waals surface area (Å²) in [6.45, 7) is 2.08. The molecular formula is C44H43ClN2O5. The molecule has 1 aliphatic carbocycles. The molecule has 8 heteroatoms. The summed E-state index contributed by atoms with van der Waals surface area (Å²) in [7, 11) is 0. The van der Waals surface area contributed by atoms with E-state index in [2.05, 4.69) is 46.6 Å². The minimum Gasteiger partial charge on any atom is -0.490 e. The smallest absolute Gasteiger partial charge is 0.255 e. The molecule has 2 N–H and O–H groups in total. The summed E-state index contributed by atoms with van der Waals surface area (Å²) in [5.74, 6) is 1.63. The number of rotatable bonds is 12. The minimum absolute atomic E-state index is 0.0242. The highest BCUT2D eigenvalue weighted by atomic mass is 35.5. The van der Waals surface area contributed by atoms with Crippen LogP contribution >= 0.6 is 11.6 Å². The van der Waals surface area contributed by atoms with Crippen LogP contribution in [0.1, 0.15) is 58.3 Å². The fourth-order valence-electron chi connectivity index (χ4n) is 7.60. The summed E-state index contributed by atoms with van der Waals surface area (Å²) in [6.07, 6.45) is 3.76. The molecule has 1 amide bonds. The Hall–Kier alpha value is -4.82. The first-order valence-corrected chi connectivity index (χ1v) is 18.6. The van der Waals surface area contributed by atoms with E-state index < -0.39 is 11.7 Å². The molecule has 1 saturated carbocycles. The van der Waals surface area contributed by atoms with Crippen LogP contribution < -0.4 is 19.5 Å². The van der Waals surface area contributed by atoms with Gasteiger partial charge >= 0.3 is 0 Å². The Bertz CT molecular complexity index is 1900. The molecule has 2 aliphatic heterocycles. The highest BCUT2D eigenvalue weighted by Crippen LogP contribution is 2.43. The Kier molecular flexibility index (Phi) is 9.66. The lowest BCUT2D eigenvalue weighted by atomic mass is 9.80. The molecule has 266 valence electrons. The summed E-state index contributed by atoms with van der Waals surface area (Å²) in [5, 5.41) is 15.1. The van der Waals surface area contributed by atoms with Crippen LogP contribution in [0.3, 0.4) is 0 Å². The van der Waals surface area contributed by atoms with E-state index in [1.54, 1.807) is 12.1 Å². The molecule has 2 fully saturated rings. The Balaban J connectivity index is 1.02. The van der Waals surface area contributed by atoms with Crippen LogP contribution in [0, 0.1) is 0 Å². The predicted molar refractivity (Wildman–Crippen MR) is 202 cm³/mol. The van der Waals surface area contributed by atoms with Gasteiger partial charge in [-0.1, -0.05) is 103 Å². The third-order valence-electron chi connectivity index (χ3n) is 10.5. The molecule has 8 rings (SSSR count). The van der Waals surface area contributed by atoms with Gasteiger partial charge in [-0.2, -0.15) is 0 Å². The highest BCUT2D eigenvalue weighted by molar-refractivity contribution is 6.30. The summed E-state index contributed by atoms with van der Waals surface area (Å²) in [4.78, 5) is 15.7. The molecule has 0 aromatic heterocycles. The van der Waals surface area contributed by atoms with Gasteiger partial charge in [0.05, 0.1) is 5.56 Å². The van der Waals surface area contributed by atoms with Gasteiger partial charge in [0.1, 0.15) is 35.6 Å². The Morgan fingerprint density at radius 2 is 1.48 bits per heavy atom. The summed E-state index contributed by atoms with van der Waals surface area (Å²) in [5.41, 5.74) is 3.23. The first-order valence-electron chi connectivity index (χ1n) is 18.2. The van der Waals surface area contributed by atoms with Gasteiger partial charge in [0.2, 0.25) is 0 Å². The number of aliphatic hydroxyl groups excluding tert-OH is 1. The van der Waals surface area contributed by atoms with Crippen molar-refractivity contribution in [2.24, 2.45) is 0 Å². The van der Waals surface area contributed by atoms with Gasteiger partial charge in [0, 0.05) is 72.7 Å². The van der Waals surface area contributed by atoms with Gasteiger partial charge in [0.15, 0.2) is 5.60 Å². The zero-order valence-electron chi connectivity index (χ0n) is 29.0. The molecule has 7 nitrogen and oxygen atoms in total. The molecule has 52 heavy (non-hydrogen) atoms. The van der Waals surface area contributed by atoms with Crippen molar-refractivity contribution in [2.75, 3.05) is 26.2 Å². The van der Waals surface area contributed by atoms with Gasteiger partial charge < -0.3 is 29.5 Å². The van der Waals surface area contributed by atoms with Crippen molar-refractivity contribution in [3.05, 3.63) is 160 Å². The molecule has 0 unspecified atom stereocenters.